The first-order valence-corrected chi connectivity index (χ1v) is 6.32. The summed E-state index contributed by atoms with van der Waals surface area (Å²) >= 11 is 0. The van der Waals surface area contributed by atoms with Crippen molar-refractivity contribution in [2.45, 2.75) is 31.5 Å². The molecule has 106 valence electrons. The molecule has 1 aliphatic heterocycles. The third-order valence-corrected chi connectivity index (χ3v) is 3.24. The summed E-state index contributed by atoms with van der Waals surface area (Å²) in [6, 6.07) is 2.69. The molecular formula is C12H17F3N4. The lowest BCUT2D eigenvalue weighted by Gasteiger charge is -2.28. The molecule has 4 nitrogen and oxygen atoms in total. The van der Waals surface area contributed by atoms with Crippen LogP contribution in [0.1, 0.15) is 25.0 Å². The van der Waals surface area contributed by atoms with E-state index in [4.69, 9.17) is 0 Å². The summed E-state index contributed by atoms with van der Waals surface area (Å²) < 4.78 is 37.1. The highest BCUT2D eigenvalue weighted by atomic mass is 19.4. The zero-order valence-electron chi connectivity index (χ0n) is 10.7. The molecule has 1 fully saturated rings. The van der Waals surface area contributed by atoms with Gasteiger partial charge in [0.25, 0.3) is 0 Å². The summed E-state index contributed by atoms with van der Waals surface area (Å²) in [6.45, 7) is 1.72. The summed E-state index contributed by atoms with van der Waals surface area (Å²) in [4.78, 5) is 1.83. The number of alkyl halides is 3. The Morgan fingerprint density at radius 1 is 1.32 bits per heavy atom. The molecule has 0 aliphatic carbocycles. The van der Waals surface area contributed by atoms with E-state index < -0.39 is 11.9 Å². The van der Waals surface area contributed by atoms with E-state index in [0.29, 0.717) is 11.9 Å². The summed E-state index contributed by atoms with van der Waals surface area (Å²) in [5.41, 5.74) is -0.958. The first-order valence-electron chi connectivity index (χ1n) is 6.32. The zero-order valence-corrected chi connectivity index (χ0v) is 10.7. The van der Waals surface area contributed by atoms with E-state index in [1.54, 1.807) is 0 Å². The van der Waals surface area contributed by atoms with Gasteiger partial charge in [-0.1, -0.05) is 6.42 Å². The van der Waals surface area contributed by atoms with Gasteiger partial charge in [0.2, 0.25) is 0 Å². The molecule has 0 amide bonds. The van der Waals surface area contributed by atoms with Gasteiger partial charge in [-0.05, 0) is 31.5 Å². The first-order chi connectivity index (χ1) is 8.97. The number of nitrogens with one attached hydrogen (secondary N) is 1. The Labute approximate surface area is 110 Å². The van der Waals surface area contributed by atoms with Gasteiger partial charge >= 0.3 is 6.18 Å². The number of piperidine rings is 1. The SMILES string of the molecule is CN(CC1CCCCN1)c1ccc(C(F)(F)F)nn1. The van der Waals surface area contributed by atoms with Crippen molar-refractivity contribution in [1.82, 2.24) is 15.5 Å². The van der Waals surface area contributed by atoms with Crippen molar-refractivity contribution in [2.75, 3.05) is 25.0 Å². The van der Waals surface area contributed by atoms with E-state index in [-0.39, 0.29) is 0 Å². The Morgan fingerprint density at radius 3 is 2.63 bits per heavy atom. The van der Waals surface area contributed by atoms with Gasteiger partial charge in [0.15, 0.2) is 11.5 Å². The highest BCUT2D eigenvalue weighted by molar-refractivity contribution is 5.36. The van der Waals surface area contributed by atoms with Gasteiger partial charge in [0.1, 0.15) is 0 Å². The molecule has 1 aromatic rings. The summed E-state index contributed by atoms with van der Waals surface area (Å²) in [5, 5.41) is 10.3. The summed E-state index contributed by atoms with van der Waals surface area (Å²) in [5.74, 6) is 0.459. The van der Waals surface area contributed by atoms with Crippen molar-refractivity contribution in [3.8, 4) is 0 Å². The van der Waals surface area contributed by atoms with Crippen LogP contribution in [0.3, 0.4) is 0 Å². The van der Waals surface area contributed by atoms with Crippen molar-refractivity contribution in [2.24, 2.45) is 0 Å². The van der Waals surface area contributed by atoms with Crippen molar-refractivity contribution >= 4 is 5.82 Å². The number of hydrogen-bond donors (Lipinski definition) is 1. The van der Waals surface area contributed by atoms with Gasteiger partial charge in [0, 0.05) is 19.6 Å². The molecule has 1 aromatic heterocycles. The second-order valence-electron chi connectivity index (χ2n) is 4.80. The quantitative estimate of drug-likeness (QED) is 0.916. The van der Waals surface area contributed by atoms with Gasteiger partial charge in [-0.15, -0.1) is 10.2 Å². The van der Waals surface area contributed by atoms with Crippen molar-refractivity contribution in [1.29, 1.82) is 0 Å². The van der Waals surface area contributed by atoms with E-state index in [2.05, 4.69) is 15.5 Å². The molecule has 1 atom stereocenters. The van der Waals surface area contributed by atoms with Crippen molar-refractivity contribution in [3.05, 3.63) is 17.8 Å². The van der Waals surface area contributed by atoms with Crippen LogP contribution in [-0.2, 0) is 6.18 Å². The van der Waals surface area contributed by atoms with Crippen molar-refractivity contribution < 1.29 is 13.2 Å². The Kier molecular flexibility index (Phi) is 4.24. The van der Waals surface area contributed by atoms with Crippen LogP contribution in [-0.4, -0.2) is 36.4 Å². The maximum atomic E-state index is 12.4. The maximum Gasteiger partial charge on any atom is 0.435 e. The molecule has 1 aliphatic rings. The third-order valence-electron chi connectivity index (χ3n) is 3.24. The van der Waals surface area contributed by atoms with Crippen LogP contribution in [0.15, 0.2) is 12.1 Å². The van der Waals surface area contributed by atoms with Crippen LogP contribution in [0, 0.1) is 0 Å². The van der Waals surface area contributed by atoms with Gasteiger partial charge in [-0.25, -0.2) is 0 Å². The Bertz CT molecular complexity index is 398. The lowest BCUT2D eigenvalue weighted by molar-refractivity contribution is -0.141. The molecule has 1 unspecified atom stereocenters. The van der Waals surface area contributed by atoms with Crippen LogP contribution in [0.4, 0.5) is 19.0 Å². The van der Waals surface area contributed by atoms with E-state index in [9.17, 15) is 13.2 Å². The number of rotatable bonds is 3. The molecule has 0 saturated carbocycles. The molecular weight excluding hydrogens is 257 g/mol. The van der Waals surface area contributed by atoms with Crippen LogP contribution in [0.2, 0.25) is 0 Å². The number of halogens is 3. The lowest BCUT2D eigenvalue weighted by atomic mass is 10.0. The molecule has 1 N–H and O–H groups in total. The van der Waals surface area contributed by atoms with E-state index in [0.717, 1.165) is 25.6 Å². The number of hydrogen-bond acceptors (Lipinski definition) is 4. The molecule has 0 aromatic carbocycles. The topological polar surface area (TPSA) is 41.0 Å². The van der Waals surface area contributed by atoms with E-state index in [1.807, 2.05) is 11.9 Å². The minimum absolute atomic E-state index is 0.364. The first kappa shape index (κ1) is 14.0. The van der Waals surface area contributed by atoms with Gasteiger partial charge in [-0.3, -0.25) is 0 Å². The van der Waals surface area contributed by atoms with Gasteiger partial charge < -0.3 is 10.2 Å². The fourth-order valence-electron chi connectivity index (χ4n) is 2.18. The zero-order chi connectivity index (χ0) is 13.9. The number of aromatic nitrogens is 2. The average Bonchev–Trinajstić information content (AvgIpc) is 2.39. The molecule has 1 saturated heterocycles. The minimum Gasteiger partial charge on any atom is -0.357 e. The predicted molar refractivity (Wildman–Crippen MR) is 65.9 cm³/mol. The number of likely N-dealkylation sites (N-methyl/N-ethyl adjacent to an activating group) is 1. The Morgan fingerprint density at radius 2 is 2.11 bits per heavy atom. The third kappa shape index (κ3) is 3.79. The van der Waals surface area contributed by atoms with E-state index >= 15 is 0 Å². The number of nitrogens with zero attached hydrogens (tertiary/aromatic N) is 3. The standard InChI is InChI=1S/C12H17F3N4/c1-19(8-9-4-2-3-7-16-9)11-6-5-10(17-18-11)12(13,14)15/h5-6,9,16H,2-4,7-8H2,1H3. The minimum atomic E-state index is -4.44. The smallest absolute Gasteiger partial charge is 0.357 e. The molecule has 0 bridgehead atoms. The molecule has 7 heteroatoms. The fourth-order valence-corrected chi connectivity index (χ4v) is 2.18. The summed E-state index contributed by atoms with van der Waals surface area (Å²) in [6.07, 6.45) is -0.988. The Hall–Kier alpha value is -1.37. The van der Waals surface area contributed by atoms with E-state index in [1.165, 1.54) is 18.9 Å². The molecule has 2 rings (SSSR count). The normalized spacial score (nSPS) is 20.3. The molecule has 19 heavy (non-hydrogen) atoms. The second kappa shape index (κ2) is 5.73. The van der Waals surface area contributed by atoms with Crippen LogP contribution in [0.25, 0.3) is 0 Å². The monoisotopic (exact) mass is 274 g/mol. The van der Waals surface area contributed by atoms with Crippen LogP contribution < -0.4 is 10.2 Å². The molecule has 2 heterocycles. The highest BCUT2D eigenvalue weighted by Crippen LogP contribution is 2.27. The second-order valence-corrected chi connectivity index (χ2v) is 4.80. The van der Waals surface area contributed by atoms with Gasteiger partial charge in [-0.2, -0.15) is 13.2 Å². The number of anilines is 1. The highest BCUT2D eigenvalue weighted by Gasteiger charge is 2.33. The maximum absolute atomic E-state index is 12.4. The van der Waals surface area contributed by atoms with Crippen LogP contribution in [0.5, 0.6) is 0 Å². The molecule has 0 radical (unpaired) electrons. The largest absolute Gasteiger partial charge is 0.435 e. The lowest BCUT2D eigenvalue weighted by Crippen LogP contribution is -2.42. The molecule has 0 spiro atoms. The fraction of sp³-hybridized carbons (Fsp3) is 0.667. The Balaban J connectivity index is 1.97. The van der Waals surface area contributed by atoms with Crippen LogP contribution >= 0.6 is 0 Å². The average molecular weight is 274 g/mol. The van der Waals surface area contributed by atoms with Gasteiger partial charge in [0.05, 0.1) is 0 Å². The van der Waals surface area contributed by atoms with Crippen molar-refractivity contribution in [3.63, 3.8) is 0 Å². The summed E-state index contributed by atoms with van der Waals surface area (Å²) in [7, 11) is 1.81. The predicted octanol–water partition coefficient (Wildman–Crippen LogP) is 2.07.